The molecule has 61 valence electrons. The average molecular weight is 158 g/mol. The van der Waals surface area contributed by atoms with Crippen molar-refractivity contribution in [2.75, 3.05) is 0 Å². The fraction of sp³-hybridized carbons (Fsp3) is 0.182. The zero-order valence-corrected chi connectivity index (χ0v) is 7.17. The lowest BCUT2D eigenvalue weighted by atomic mass is 10.2. The number of fused-ring (bicyclic) bond motifs is 1. The summed E-state index contributed by atoms with van der Waals surface area (Å²) in [5, 5.41) is 1.30. The molecule has 0 unspecified atom stereocenters. The molecule has 0 fully saturated rings. The largest absolute Gasteiger partial charge is 0.358 e. The summed E-state index contributed by atoms with van der Waals surface area (Å²) in [5.74, 6) is 0. The van der Waals surface area contributed by atoms with Gasteiger partial charge in [-0.15, -0.1) is 0 Å². The van der Waals surface area contributed by atoms with Gasteiger partial charge in [0.15, 0.2) is 0 Å². The van der Waals surface area contributed by atoms with E-state index in [1.165, 1.54) is 16.6 Å². The van der Waals surface area contributed by atoms with Crippen molar-refractivity contribution in [3.8, 4) is 0 Å². The maximum absolute atomic E-state index is 3.37. The molecule has 0 saturated carbocycles. The highest BCUT2D eigenvalue weighted by molar-refractivity contribution is 5.80. The molecule has 1 heterocycles. The van der Waals surface area contributed by atoms with Gasteiger partial charge in [-0.1, -0.05) is 25.1 Å². The van der Waals surface area contributed by atoms with Gasteiger partial charge in [0, 0.05) is 11.2 Å². The molecule has 0 aliphatic heterocycles. The molecule has 1 N–H and O–H groups in total. The molecule has 1 radical (unpaired) electrons. The number of benzene rings is 1. The van der Waals surface area contributed by atoms with Gasteiger partial charge in [0.1, 0.15) is 0 Å². The zero-order chi connectivity index (χ0) is 8.39. The Kier molecular flexibility index (Phi) is 1.86. The Balaban J connectivity index is 2.47. The van der Waals surface area contributed by atoms with Crippen LogP contribution in [0.1, 0.15) is 12.6 Å². The highest BCUT2D eigenvalue weighted by atomic mass is 14.7. The summed E-state index contributed by atoms with van der Waals surface area (Å²) in [6, 6.07) is 10.6. The quantitative estimate of drug-likeness (QED) is 0.691. The highest BCUT2D eigenvalue weighted by Crippen LogP contribution is 2.14. The van der Waals surface area contributed by atoms with Gasteiger partial charge in [0.25, 0.3) is 0 Å². The second-order valence-electron chi connectivity index (χ2n) is 2.99. The Labute approximate surface area is 72.4 Å². The molecule has 0 saturated heterocycles. The molecule has 0 bridgehead atoms. The SMILES string of the molecule is C[CH]Cc1cc2ccccc2[nH]1. The molecule has 0 aliphatic rings. The van der Waals surface area contributed by atoms with Crippen LogP contribution in [0.3, 0.4) is 0 Å². The van der Waals surface area contributed by atoms with Crippen LogP contribution >= 0.6 is 0 Å². The van der Waals surface area contributed by atoms with Crippen molar-refractivity contribution in [2.24, 2.45) is 0 Å². The smallest absolute Gasteiger partial charge is 0.0456 e. The van der Waals surface area contributed by atoms with E-state index in [2.05, 4.69) is 48.7 Å². The molecule has 1 nitrogen and oxygen atoms in total. The molecule has 0 atom stereocenters. The minimum Gasteiger partial charge on any atom is -0.358 e. The first-order valence-electron chi connectivity index (χ1n) is 4.24. The van der Waals surface area contributed by atoms with Crippen LogP contribution < -0.4 is 0 Å². The summed E-state index contributed by atoms with van der Waals surface area (Å²) in [4.78, 5) is 3.37. The second kappa shape index (κ2) is 3.02. The Hall–Kier alpha value is -1.24. The Bertz CT molecular complexity index is 340. The molecule has 1 aromatic carbocycles. The minimum absolute atomic E-state index is 1.02. The molecular weight excluding hydrogens is 146 g/mol. The van der Waals surface area contributed by atoms with Gasteiger partial charge < -0.3 is 4.98 Å². The molecule has 1 aromatic heterocycles. The summed E-state index contributed by atoms with van der Waals surface area (Å²) in [6.45, 7) is 2.07. The molecule has 2 aromatic rings. The lowest BCUT2D eigenvalue weighted by Crippen LogP contribution is -1.80. The first-order chi connectivity index (χ1) is 5.90. The van der Waals surface area contributed by atoms with Crippen molar-refractivity contribution in [3.63, 3.8) is 0 Å². The van der Waals surface area contributed by atoms with Crippen molar-refractivity contribution < 1.29 is 0 Å². The monoisotopic (exact) mass is 158 g/mol. The standard InChI is InChI=1S/C11H12N/c1-2-5-10-8-9-6-3-4-7-11(9)12-10/h2-4,6-8,12H,5H2,1H3. The van der Waals surface area contributed by atoms with E-state index < -0.39 is 0 Å². The summed E-state index contributed by atoms with van der Waals surface area (Å²) in [5.41, 5.74) is 2.52. The van der Waals surface area contributed by atoms with Crippen molar-refractivity contribution in [2.45, 2.75) is 13.3 Å². The normalized spacial score (nSPS) is 10.8. The third-order valence-electron chi connectivity index (χ3n) is 2.01. The van der Waals surface area contributed by atoms with Crippen molar-refractivity contribution in [1.29, 1.82) is 0 Å². The predicted octanol–water partition coefficient (Wildman–Crippen LogP) is 2.93. The van der Waals surface area contributed by atoms with Gasteiger partial charge in [-0.25, -0.2) is 0 Å². The number of aromatic nitrogens is 1. The van der Waals surface area contributed by atoms with Crippen LogP contribution in [0.5, 0.6) is 0 Å². The molecule has 1 heteroatoms. The van der Waals surface area contributed by atoms with E-state index in [1.807, 2.05) is 0 Å². The van der Waals surface area contributed by atoms with E-state index in [0.29, 0.717) is 0 Å². The van der Waals surface area contributed by atoms with Gasteiger partial charge in [0.2, 0.25) is 0 Å². The maximum Gasteiger partial charge on any atom is 0.0456 e. The summed E-state index contributed by atoms with van der Waals surface area (Å²) in [7, 11) is 0. The lowest BCUT2D eigenvalue weighted by molar-refractivity contribution is 1.08. The van der Waals surface area contributed by atoms with E-state index in [4.69, 9.17) is 0 Å². The van der Waals surface area contributed by atoms with Gasteiger partial charge in [-0.3, -0.25) is 0 Å². The number of hydrogen-bond donors (Lipinski definition) is 1. The lowest BCUT2D eigenvalue weighted by Gasteiger charge is -1.88. The van der Waals surface area contributed by atoms with Crippen LogP contribution in [0.15, 0.2) is 30.3 Å². The van der Waals surface area contributed by atoms with Gasteiger partial charge >= 0.3 is 0 Å². The van der Waals surface area contributed by atoms with Gasteiger partial charge in [-0.2, -0.15) is 0 Å². The van der Waals surface area contributed by atoms with Gasteiger partial charge in [-0.05, 0) is 30.4 Å². The van der Waals surface area contributed by atoms with Gasteiger partial charge in [0.05, 0.1) is 0 Å². The van der Waals surface area contributed by atoms with E-state index >= 15 is 0 Å². The minimum atomic E-state index is 1.02. The van der Waals surface area contributed by atoms with Crippen LogP contribution in [0, 0.1) is 6.42 Å². The summed E-state index contributed by atoms with van der Waals surface area (Å²) in [6.07, 6.45) is 3.18. The number of rotatable bonds is 2. The van der Waals surface area contributed by atoms with E-state index in [0.717, 1.165) is 6.42 Å². The number of H-pyrrole nitrogens is 1. The first kappa shape index (κ1) is 7.41. The Morgan fingerprint density at radius 3 is 2.92 bits per heavy atom. The average Bonchev–Trinajstić information content (AvgIpc) is 2.47. The highest BCUT2D eigenvalue weighted by Gasteiger charge is 1.97. The Morgan fingerprint density at radius 1 is 1.33 bits per heavy atom. The molecule has 12 heavy (non-hydrogen) atoms. The number of aromatic amines is 1. The molecule has 0 aliphatic carbocycles. The Morgan fingerprint density at radius 2 is 2.17 bits per heavy atom. The first-order valence-corrected chi connectivity index (χ1v) is 4.24. The third kappa shape index (κ3) is 1.22. The van der Waals surface area contributed by atoms with Crippen molar-refractivity contribution >= 4 is 10.9 Å². The summed E-state index contributed by atoms with van der Waals surface area (Å²) < 4.78 is 0. The van der Waals surface area contributed by atoms with Crippen LogP contribution in [-0.2, 0) is 6.42 Å². The number of para-hydroxylation sites is 1. The fourth-order valence-electron chi connectivity index (χ4n) is 1.46. The van der Waals surface area contributed by atoms with Crippen LogP contribution in [0.4, 0.5) is 0 Å². The van der Waals surface area contributed by atoms with Crippen LogP contribution in [0.2, 0.25) is 0 Å². The van der Waals surface area contributed by atoms with Crippen molar-refractivity contribution in [1.82, 2.24) is 4.98 Å². The molecule has 2 rings (SSSR count). The molecular formula is C11H12N. The zero-order valence-electron chi connectivity index (χ0n) is 7.17. The van der Waals surface area contributed by atoms with Crippen LogP contribution in [-0.4, -0.2) is 4.98 Å². The maximum atomic E-state index is 3.37. The topological polar surface area (TPSA) is 15.8 Å². The van der Waals surface area contributed by atoms with E-state index in [9.17, 15) is 0 Å². The number of hydrogen-bond acceptors (Lipinski definition) is 0. The molecule has 0 amide bonds. The summed E-state index contributed by atoms with van der Waals surface area (Å²) >= 11 is 0. The van der Waals surface area contributed by atoms with Crippen LogP contribution in [0.25, 0.3) is 10.9 Å². The van der Waals surface area contributed by atoms with E-state index in [1.54, 1.807) is 0 Å². The van der Waals surface area contributed by atoms with Crippen molar-refractivity contribution in [3.05, 3.63) is 42.4 Å². The number of nitrogens with one attached hydrogen (secondary N) is 1. The third-order valence-corrected chi connectivity index (χ3v) is 2.01. The fourth-order valence-corrected chi connectivity index (χ4v) is 1.46. The second-order valence-corrected chi connectivity index (χ2v) is 2.99. The predicted molar refractivity (Wildman–Crippen MR) is 52.0 cm³/mol. The van der Waals surface area contributed by atoms with E-state index in [-0.39, 0.29) is 0 Å². The molecule has 0 spiro atoms.